The molecule has 1 heterocycles. The number of hydrogen-bond acceptors (Lipinski definition) is 4. The lowest BCUT2D eigenvalue weighted by Gasteiger charge is -2.22. The second-order valence-electron chi connectivity index (χ2n) is 6.71. The minimum Gasteiger partial charge on any atom is -0.464 e. The summed E-state index contributed by atoms with van der Waals surface area (Å²) in [5, 5.41) is 0. The topological polar surface area (TPSA) is 79.5 Å². The summed E-state index contributed by atoms with van der Waals surface area (Å²) in [5.74, 6) is -1.69. The van der Waals surface area contributed by atoms with E-state index in [-0.39, 0.29) is 35.5 Å². The summed E-state index contributed by atoms with van der Waals surface area (Å²) in [6.45, 7) is 3.24. The Balaban J connectivity index is 1.86. The van der Waals surface area contributed by atoms with E-state index in [0.717, 1.165) is 12.8 Å². The Morgan fingerprint density at radius 3 is 2.56 bits per heavy atom. The summed E-state index contributed by atoms with van der Waals surface area (Å²) in [5.41, 5.74) is 1.87. The van der Waals surface area contributed by atoms with Crippen molar-refractivity contribution in [3.05, 3.63) is 58.2 Å². The van der Waals surface area contributed by atoms with E-state index < -0.39 is 11.8 Å². The number of nitrogens with one attached hydrogen (secondary N) is 1. The maximum Gasteiger partial charge on any atom is 0.354 e. The van der Waals surface area contributed by atoms with Crippen LogP contribution in [0.1, 0.15) is 55.3 Å². The van der Waals surface area contributed by atoms with Gasteiger partial charge in [0.05, 0.1) is 13.7 Å². The molecule has 2 aromatic rings. The molecule has 6 nitrogen and oxygen atoms in total. The van der Waals surface area contributed by atoms with Gasteiger partial charge in [-0.15, -0.1) is 0 Å². The summed E-state index contributed by atoms with van der Waals surface area (Å²) in [7, 11) is 1.27. The first-order chi connectivity index (χ1) is 12.8. The van der Waals surface area contributed by atoms with Gasteiger partial charge in [0, 0.05) is 22.9 Å². The second-order valence-corrected chi connectivity index (χ2v) is 6.71. The quantitative estimate of drug-likeness (QED) is 0.624. The number of Topliss-reactive ketones (excluding diaryl/α,β-unsaturated/α-hetero) is 1. The maximum absolute atomic E-state index is 13.5. The molecule has 0 spiro atoms. The van der Waals surface area contributed by atoms with E-state index >= 15 is 0 Å². The first kappa shape index (κ1) is 18.8. The van der Waals surface area contributed by atoms with Crippen LogP contribution in [0.3, 0.4) is 0 Å². The van der Waals surface area contributed by atoms with Crippen molar-refractivity contribution in [2.24, 2.45) is 0 Å². The number of benzene rings is 1. The molecule has 1 aliphatic carbocycles. The van der Waals surface area contributed by atoms with Gasteiger partial charge in [0.2, 0.25) is 0 Å². The minimum atomic E-state index is -0.551. The van der Waals surface area contributed by atoms with E-state index in [9.17, 15) is 18.8 Å². The monoisotopic (exact) mass is 372 g/mol. The highest BCUT2D eigenvalue weighted by Crippen LogP contribution is 2.29. The Morgan fingerprint density at radius 1 is 1.26 bits per heavy atom. The summed E-state index contributed by atoms with van der Waals surface area (Å²) < 4.78 is 18.2. The second kappa shape index (κ2) is 7.34. The number of nitrogens with zero attached hydrogens (tertiary/aromatic N) is 1. The predicted molar refractivity (Wildman–Crippen MR) is 96.4 cm³/mol. The molecular formula is C20H21FN2O4. The molecule has 0 bridgehead atoms. The minimum absolute atomic E-state index is 0.0238. The van der Waals surface area contributed by atoms with E-state index in [0.29, 0.717) is 16.8 Å². The molecule has 1 fully saturated rings. The fourth-order valence-corrected chi connectivity index (χ4v) is 3.25. The van der Waals surface area contributed by atoms with Gasteiger partial charge in [-0.1, -0.05) is 6.07 Å². The molecule has 1 amide bonds. The lowest BCUT2D eigenvalue weighted by atomic mass is 10.0. The Bertz CT molecular complexity index is 915. The van der Waals surface area contributed by atoms with Crippen molar-refractivity contribution < 1.29 is 23.5 Å². The van der Waals surface area contributed by atoms with Crippen molar-refractivity contribution in [1.82, 2.24) is 9.88 Å². The van der Waals surface area contributed by atoms with Crippen LogP contribution in [-0.4, -0.2) is 47.2 Å². The van der Waals surface area contributed by atoms with Gasteiger partial charge < -0.3 is 14.6 Å². The number of ether oxygens (including phenoxy) is 1. The van der Waals surface area contributed by atoms with Gasteiger partial charge in [-0.3, -0.25) is 9.59 Å². The highest BCUT2D eigenvalue weighted by atomic mass is 19.1. The standard InChI is InChI=1S/C20H21FN2O4/c1-11-17(12(2)22-18(11)20(26)27-3)16(24)10-23(15-7-8-15)19(25)13-5-4-6-14(21)9-13/h4-6,9,15,22H,7-8,10H2,1-3H3. The van der Waals surface area contributed by atoms with E-state index in [1.165, 1.54) is 36.3 Å². The van der Waals surface area contributed by atoms with Gasteiger partial charge >= 0.3 is 5.97 Å². The predicted octanol–water partition coefficient (Wildman–Crippen LogP) is 3.04. The molecule has 1 aliphatic rings. The lowest BCUT2D eigenvalue weighted by molar-refractivity contribution is 0.0593. The number of aromatic nitrogens is 1. The zero-order chi connectivity index (χ0) is 19.7. The van der Waals surface area contributed by atoms with E-state index in [2.05, 4.69) is 4.98 Å². The van der Waals surface area contributed by atoms with E-state index in [4.69, 9.17) is 4.74 Å². The van der Waals surface area contributed by atoms with Crippen LogP contribution in [-0.2, 0) is 4.74 Å². The van der Waals surface area contributed by atoms with Crippen molar-refractivity contribution in [2.75, 3.05) is 13.7 Å². The fourth-order valence-electron chi connectivity index (χ4n) is 3.25. The molecule has 142 valence electrons. The SMILES string of the molecule is COC(=O)c1[nH]c(C)c(C(=O)CN(C(=O)c2cccc(F)c2)C2CC2)c1C. The number of halogens is 1. The number of ketones is 1. The molecule has 0 unspecified atom stereocenters. The van der Waals surface area contributed by atoms with Gasteiger partial charge in [-0.2, -0.15) is 0 Å². The number of hydrogen-bond donors (Lipinski definition) is 1. The Morgan fingerprint density at radius 2 is 1.96 bits per heavy atom. The summed E-state index contributed by atoms with van der Waals surface area (Å²) >= 11 is 0. The molecule has 0 atom stereocenters. The highest BCUT2D eigenvalue weighted by molar-refractivity contribution is 6.06. The normalized spacial score (nSPS) is 13.3. The summed E-state index contributed by atoms with van der Waals surface area (Å²) in [4.78, 5) is 41.9. The van der Waals surface area contributed by atoms with Gasteiger partial charge in [0.1, 0.15) is 11.5 Å². The zero-order valence-electron chi connectivity index (χ0n) is 15.5. The first-order valence-corrected chi connectivity index (χ1v) is 8.70. The van der Waals surface area contributed by atoms with Crippen molar-refractivity contribution in [3.63, 3.8) is 0 Å². The summed E-state index contributed by atoms with van der Waals surface area (Å²) in [6.07, 6.45) is 1.62. The van der Waals surface area contributed by atoms with Crippen LogP contribution in [0.2, 0.25) is 0 Å². The Kier molecular flexibility index (Phi) is 5.12. The Labute approximate surface area is 156 Å². The average Bonchev–Trinajstić information content (AvgIpc) is 3.43. The molecule has 0 saturated heterocycles. The van der Waals surface area contributed by atoms with Gasteiger partial charge in [-0.05, 0) is 50.5 Å². The lowest BCUT2D eigenvalue weighted by Crippen LogP contribution is -2.37. The third-order valence-electron chi connectivity index (χ3n) is 4.74. The molecule has 0 aliphatic heterocycles. The molecular weight excluding hydrogens is 351 g/mol. The number of carbonyl (C=O) groups excluding carboxylic acids is 3. The van der Waals surface area contributed by atoms with E-state index in [1.807, 2.05) is 0 Å². The zero-order valence-corrected chi connectivity index (χ0v) is 15.5. The molecule has 1 N–H and O–H groups in total. The molecule has 1 saturated carbocycles. The third kappa shape index (κ3) is 3.77. The molecule has 0 radical (unpaired) electrons. The van der Waals surface area contributed by atoms with Crippen molar-refractivity contribution in [3.8, 4) is 0 Å². The van der Waals surface area contributed by atoms with Gasteiger partial charge in [0.25, 0.3) is 5.91 Å². The largest absolute Gasteiger partial charge is 0.464 e. The van der Waals surface area contributed by atoms with Crippen LogP contribution in [0.25, 0.3) is 0 Å². The van der Waals surface area contributed by atoms with Crippen LogP contribution in [0, 0.1) is 19.7 Å². The number of aromatic amines is 1. The number of carbonyl (C=O) groups is 3. The van der Waals surface area contributed by atoms with Crippen LogP contribution in [0.15, 0.2) is 24.3 Å². The maximum atomic E-state index is 13.5. The van der Waals surface area contributed by atoms with Gasteiger partial charge in [-0.25, -0.2) is 9.18 Å². The van der Waals surface area contributed by atoms with Crippen molar-refractivity contribution in [2.45, 2.75) is 32.7 Å². The van der Waals surface area contributed by atoms with Crippen LogP contribution >= 0.6 is 0 Å². The van der Waals surface area contributed by atoms with Crippen molar-refractivity contribution in [1.29, 1.82) is 0 Å². The number of methoxy groups -OCH3 is 1. The molecule has 27 heavy (non-hydrogen) atoms. The van der Waals surface area contributed by atoms with Gasteiger partial charge in [0.15, 0.2) is 5.78 Å². The number of rotatable bonds is 6. The highest BCUT2D eigenvalue weighted by Gasteiger charge is 2.35. The van der Waals surface area contributed by atoms with Crippen molar-refractivity contribution >= 4 is 17.7 Å². The number of esters is 1. The third-order valence-corrected chi connectivity index (χ3v) is 4.74. The van der Waals surface area contributed by atoms with E-state index in [1.54, 1.807) is 13.8 Å². The first-order valence-electron chi connectivity index (χ1n) is 8.70. The summed E-state index contributed by atoms with van der Waals surface area (Å²) in [6, 6.07) is 5.42. The molecule has 1 aromatic heterocycles. The molecule has 3 rings (SSSR count). The molecule has 1 aromatic carbocycles. The fraction of sp³-hybridized carbons (Fsp3) is 0.350. The number of H-pyrrole nitrogens is 1. The average molecular weight is 372 g/mol. The Hall–Kier alpha value is -2.96. The van der Waals surface area contributed by atoms with Crippen LogP contribution in [0.5, 0.6) is 0 Å². The van der Waals surface area contributed by atoms with Crippen LogP contribution < -0.4 is 0 Å². The molecule has 7 heteroatoms. The van der Waals surface area contributed by atoms with Crippen LogP contribution in [0.4, 0.5) is 4.39 Å². The number of aryl methyl sites for hydroxylation is 1. The smallest absolute Gasteiger partial charge is 0.354 e. The number of amides is 1.